The molecule has 0 radical (unpaired) electrons. The average molecular weight is 316 g/mol. The molecule has 2 heterocycles. The first-order chi connectivity index (χ1) is 10.7. The third kappa shape index (κ3) is 3.51. The van der Waals surface area contributed by atoms with Gasteiger partial charge in [-0.3, -0.25) is 9.89 Å². The zero-order valence-electron chi connectivity index (χ0n) is 12.4. The molecule has 0 aliphatic carbocycles. The van der Waals surface area contributed by atoms with E-state index in [1.54, 1.807) is 18.0 Å². The molecule has 1 amide bonds. The van der Waals surface area contributed by atoms with Crippen LogP contribution < -0.4 is 5.73 Å². The Labute approximate surface area is 134 Å². The van der Waals surface area contributed by atoms with Crippen molar-refractivity contribution >= 4 is 17.7 Å². The maximum absolute atomic E-state index is 11.6. The molecule has 1 aliphatic heterocycles. The van der Waals surface area contributed by atoms with Crippen molar-refractivity contribution < 1.29 is 4.79 Å². The van der Waals surface area contributed by atoms with Crippen LogP contribution in [0.3, 0.4) is 0 Å². The van der Waals surface area contributed by atoms with Crippen molar-refractivity contribution in [2.24, 2.45) is 5.73 Å². The van der Waals surface area contributed by atoms with Crippen LogP contribution in [-0.2, 0) is 0 Å². The highest BCUT2D eigenvalue weighted by Crippen LogP contribution is 2.29. The van der Waals surface area contributed by atoms with Gasteiger partial charge in [0.15, 0.2) is 0 Å². The second kappa shape index (κ2) is 6.98. The van der Waals surface area contributed by atoms with E-state index in [4.69, 9.17) is 5.73 Å². The monoisotopic (exact) mass is 316 g/mol. The Balaban J connectivity index is 1.74. The number of aromatic nitrogens is 2. The molecule has 2 aromatic rings. The van der Waals surface area contributed by atoms with Gasteiger partial charge in [0.1, 0.15) is 0 Å². The fourth-order valence-electron chi connectivity index (χ4n) is 2.72. The Morgan fingerprint density at radius 1 is 1.32 bits per heavy atom. The maximum Gasteiger partial charge on any atom is 0.249 e. The Hall–Kier alpha value is -1.79. The lowest BCUT2D eigenvalue weighted by Gasteiger charge is -2.15. The molecule has 1 saturated heterocycles. The molecule has 0 spiro atoms. The first kappa shape index (κ1) is 15.1. The first-order valence-electron chi connectivity index (χ1n) is 7.52. The number of likely N-dealkylation sites (tertiary alicyclic amines) is 1. The lowest BCUT2D eigenvalue weighted by atomic mass is 10.1. The molecule has 6 heteroatoms. The first-order valence-corrected chi connectivity index (χ1v) is 8.51. The highest BCUT2D eigenvalue weighted by Gasteiger charge is 2.14. The minimum absolute atomic E-state index is 0.373. The number of nitrogens with one attached hydrogen (secondary N) is 1. The number of nitrogens with zero attached hydrogens (tertiary/aromatic N) is 2. The molecule has 1 aliphatic rings. The standard InChI is InChI=1S/C16H20N4OS/c17-16(21)14-4-3-12(13-10-18-19-11-13)9-15(14)22-8-7-20-5-1-2-6-20/h3-4,9-11H,1-2,5-8H2,(H2,17,21)(H,18,19). The number of nitrogens with two attached hydrogens (primary N) is 1. The van der Waals surface area contributed by atoms with E-state index in [9.17, 15) is 4.79 Å². The molecule has 5 nitrogen and oxygen atoms in total. The van der Waals surface area contributed by atoms with Gasteiger partial charge in [-0.25, -0.2) is 0 Å². The van der Waals surface area contributed by atoms with Crippen LogP contribution in [-0.4, -0.2) is 46.4 Å². The number of amides is 1. The molecule has 0 saturated carbocycles. The summed E-state index contributed by atoms with van der Waals surface area (Å²) in [6, 6.07) is 5.75. The van der Waals surface area contributed by atoms with Gasteiger partial charge in [0, 0.05) is 29.0 Å². The number of aromatic amines is 1. The van der Waals surface area contributed by atoms with Crippen molar-refractivity contribution in [2.45, 2.75) is 17.7 Å². The summed E-state index contributed by atoms with van der Waals surface area (Å²) < 4.78 is 0. The van der Waals surface area contributed by atoms with E-state index in [1.165, 1.54) is 25.9 Å². The molecule has 116 valence electrons. The summed E-state index contributed by atoms with van der Waals surface area (Å²) in [7, 11) is 0. The fourth-order valence-corrected chi connectivity index (χ4v) is 3.83. The van der Waals surface area contributed by atoms with E-state index in [-0.39, 0.29) is 5.91 Å². The molecular formula is C16H20N4OS. The van der Waals surface area contributed by atoms with Crippen LogP contribution in [0.25, 0.3) is 11.1 Å². The summed E-state index contributed by atoms with van der Waals surface area (Å²) in [6.07, 6.45) is 6.22. The van der Waals surface area contributed by atoms with Gasteiger partial charge in [0.25, 0.3) is 0 Å². The molecule has 3 rings (SSSR count). The molecule has 1 fully saturated rings. The van der Waals surface area contributed by atoms with Crippen molar-refractivity contribution in [3.05, 3.63) is 36.2 Å². The Morgan fingerprint density at radius 2 is 2.14 bits per heavy atom. The molecule has 1 aromatic carbocycles. The number of hydrogen-bond donors (Lipinski definition) is 2. The molecule has 22 heavy (non-hydrogen) atoms. The summed E-state index contributed by atoms with van der Waals surface area (Å²) in [5.41, 5.74) is 8.15. The molecule has 0 bridgehead atoms. The smallest absolute Gasteiger partial charge is 0.249 e. The number of rotatable bonds is 6. The van der Waals surface area contributed by atoms with Gasteiger partial charge < -0.3 is 10.6 Å². The second-order valence-electron chi connectivity index (χ2n) is 5.46. The van der Waals surface area contributed by atoms with Crippen molar-refractivity contribution in [2.75, 3.05) is 25.4 Å². The molecule has 1 aromatic heterocycles. The zero-order chi connectivity index (χ0) is 15.4. The lowest BCUT2D eigenvalue weighted by molar-refractivity contribution is 0.0997. The summed E-state index contributed by atoms with van der Waals surface area (Å²) in [5.74, 6) is 0.595. The largest absolute Gasteiger partial charge is 0.366 e. The third-order valence-corrected chi connectivity index (χ3v) is 4.98. The highest BCUT2D eigenvalue weighted by atomic mass is 32.2. The topological polar surface area (TPSA) is 75.0 Å². The lowest BCUT2D eigenvalue weighted by Crippen LogP contribution is -2.22. The van der Waals surface area contributed by atoms with Gasteiger partial charge in [-0.1, -0.05) is 6.07 Å². The molecule has 3 N–H and O–H groups in total. The van der Waals surface area contributed by atoms with Gasteiger partial charge in [0.2, 0.25) is 5.91 Å². The van der Waals surface area contributed by atoms with Gasteiger partial charge in [-0.05, 0) is 43.6 Å². The van der Waals surface area contributed by atoms with E-state index in [0.29, 0.717) is 5.56 Å². The van der Waals surface area contributed by atoms with E-state index in [1.807, 2.05) is 24.4 Å². The summed E-state index contributed by atoms with van der Waals surface area (Å²) >= 11 is 1.70. The zero-order valence-corrected chi connectivity index (χ0v) is 13.2. The van der Waals surface area contributed by atoms with Crippen molar-refractivity contribution in [3.8, 4) is 11.1 Å². The average Bonchev–Trinajstić information content (AvgIpc) is 3.20. The fraction of sp³-hybridized carbons (Fsp3) is 0.375. The Bertz CT molecular complexity index is 636. The van der Waals surface area contributed by atoms with E-state index < -0.39 is 0 Å². The Kier molecular flexibility index (Phi) is 4.80. The Morgan fingerprint density at radius 3 is 2.82 bits per heavy atom. The summed E-state index contributed by atoms with van der Waals surface area (Å²) in [4.78, 5) is 15.0. The number of thioether (sulfide) groups is 1. The highest BCUT2D eigenvalue weighted by molar-refractivity contribution is 7.99. The third-order valence-electron chi connectivity index (χ3n) is 3.94. The van der Waals surface area contributed by atoms with Crippen LogP contribution in [0.2, 0.25) is 0 Å². The van der Waals surface area contributed by atoms with E-state index in [0.717, 1.165) is 28.3 Å². The van der Waals surface area contributed by atoms with Crippen LogP contribution >= 0.6 is 11.8 Å². The van der Waals surface area contributed by atoms with Crippen molar-refractivity contribution in [1.82, 2.24) is 15.1 Å². The number of carbonyl (C=O) groups is 1. The van der Waals surface area contributed by atoms with Crippen molar-refractivity contribution in [1.29, 1.82) is 0 Å². The van der Waals surface area contributed by atoms with Crippen LogP contribution in [0.5, 0.6) is 0 Å². The number of primary amides is 1. The predicted molar refractivity (Wildman–Crippen MR) is 88.9 cm³/mol. The van der Waals surface area contributed by atoms with E-state index in [2.05, 4.69) is 15.1 Å². The van der Waals surface area contributed by atoms with Gasteiger partial charge in [0.05, 0.1) is 11.8 Å². The predicted octanol–water partition coefficient (Wildman–Crippen LogP) is 2.36. The van der Waals surface area contributed by atoms with Crippen LogP contribution in [0.1, 0.15) is 23.2 Å². The minimum atomic E-state index is -0.373. The van der Waals surface area contributed by atoms with Crippen LogP contribution in [0.4, 0.5) is 0 Å². The SMILES string of the molecule is NC(=O)c1ccc(-c2cn[nH]c2)cc1SCCN1CCCC1. The number of hydrogen-bond acceptors (Lipinski definition) is 4. The maximum atomic E-state index is 11.6. The van der Waals surface area contributed by atoms with Crippen LogP contribution in [0.15, 0.2) is 35.5 Å². The number of benzene rings is 1. The summed E-state index contributed by atoms with van der Waals surface area (Å²) in [5, 5.41) is 6.78. The van der Waals surface area contributed by atoms with E-state index >= 15 is 0 Å². The van der Waals surface area contributed by atoms with Crippen molar-refractivity contribution in [3.63, 3.8) is 0 Å². The second-order valence-corrected chi connectivity index (χ2v) is 6.60. The normalized spacial score (nSPS) is 15.3. The minimum Gasteiger partial charge on any atom is -0.366 e. The van der Waals surface area contributed by atoms with Gasteiger partial charge >= 0.3 is 0 Å². The molecule has 0 unspecified atom stereocenters. The summed E-state index contributed by atoms with van der Waals surface area (Å²) in [6.45, 7) is 3.44. The van der Waals surface area contributed by atoms with Gasteiger partial charge in [-0.15, -0.1) is 11.8 Å². The number of H-pyrrole nitrogens is 1. The molecular weight excluding hydrogens is 296 g/mol. The molecule has 0 atom stereocenters. The van der Waals surface area contributed by atoms with Crippen LogP contribution in [0, 0.1) is 0 Å². The van der Waals surface area contributed by atoms with Gasteiger partial charge in [-0.2, -0.15) is 5.10 Å². The number of carbonyl (C=O) groups excluding carboxylic acids is 1. The quantitative estimate of drug-likeness (QED) is 0.802.